The van der Waals surface area contributed by atoms with Crippen molar-refractivity contribution in [1.29, 1.82) is 0 Å². The van der Waals surface area contributed by atoms with E-state index in [4.69, 9.17) is 0 Å². The SMILES string of the molecule is CC(C)CC1(C(O)c2cc(Br)ccc2Br)CCCC1. The lowest BCUT2D eigenvalue weighted by Crippen LogP contribution is -2.28. The van der Waals surface area contributed by atoms with Crippen molar-refractivity contribution in [3.05, 3.63) is 32.7 Å². The van der Waals surface area contributed by atoms with Gasteiger partial charge in [-0.15, -0.1) is 0 Å². The number of hydrogen-bond acceptors (Lipinski definition) is 1. The third-order valence-corrected chi connectivity index (χ3v) is 5.46. The van der Waals surface area contributed by atoms with Crippen LogP contribution in [-0.4, -0.2) is 5.11 Å². The summed E-state index contributed by atoms with van der Waals surface area (Å²) >= 11 is 7.10. The molecule has 0 radical (unpaired) electrons. The van der Waals surface area contributed by atoms with Gasteiger partial charge in [0.2, 0.25) is 0 Å². The maximum atomic E-state index is 11.0. The summed E-state index contributed by atoms with van der Waals surface area (Å²) < 4.78 is 2.04. The van der Waals surface area contributed by atoms with Gasteiger partial charge in [-0.3, -0.25) is 0 Å². The number of aliphatic hydroxyl groups is 1. The van der Waals surface area contributed by atoms with Crippen LogP contribution in [0.2, 0.25) is 0 Å². The van der Waals surface area contributed by atoms with Crippen molar-refractivity contribution in [2.75, 3.05) is 0 Å². The topological polar surface area (TPSA) is 20.2 Å². The zero-order chi connectivity index (χ0) is 14.0. The van der Waals surface area contributed by atoms with E-state index in [0.29, 0.717) is 5.92 Å². The van der Waals surface area contributed by atoms with Gasteiger partial charge >= 0.3 is 0 Å². The fourth-order valence-electron chi connectivity index (χ4n) is 3.54. The summed E-state index contributed by atoms with van der Waals surface area (Å²) in [5, 5.41) is 11.0. The third-order valence-electron chi connectivity index (χ3n) is 4.25. The summed E-state index contributed by atoms with van der Waals surface area (Å²) in [7, 11) is 0. The van der Waals surface area contributed by atoms with Crippen molar-refractivity contribution in [3.63, 3.8) is 0 Å². The fourth-order valence-corrected chi connectivity index (χ4v) is 4.38. The molecule has 1 aromatic rings. The lowest BCUT2D eigenvalue weighted by atomic mass is 9.72. The molecule has 0 aromatic heterocycles. The van der Waals surface area contributed by atoms with Crippen LogP contribution in [0.4, 0.5) is 0 Å². The summed E-state index contributed by atoms with van der Waals surface area (Å²) in [5.41, 5.74) is 1.09. The quantitative estimate of drug-likeness (QED) is 0.684. The van der Waals surface area contributed by atoms with E-state index in [1.165, 1.54) is 12.8 Å². The van der Waals surface area contributed by atoms with Crippen LogP contribution in [0.25, 0.3) is 0 Å². The highest BCUT2D eigenvalue weighted by atomic mass is 79.9. The van der Waals surface area contributed by atoms with Crippen LogP contribution >= 0.6 is 31.9 Å². The summed E-state index contributed by atoms with van der Waals surface area (Å²) in [4.78, 5) is 0. The number of halogens is 2. The van der Waals surface area contributed by atoms with Gasteiger partial charge in [0, 0.05) is 14.4 Å². The van der Waals surface area contributed by atoms with Crippen LogP contribution in [0.1, 0.15) is 57.6 Å². The monoisotopic (exact) mass is 388 g/mol. The van der Waals surface area contributed by atoms with E-state index < -0.39 is 0 Å². The fraction of sp³-hybridized carbons (Fsp3) is 0.625. The smallest absolute Gasteiger partial charge is 0.0857 e. The van der Waals surface area contributed by atoms with E-state index >= 15 is 0 Å². The van der Waals surface area contributed by atoms with Crippen LogP contribution < -0.4 is 0 Å². The van der Waals surface area contributed by atoms with Crippen molar-refractivity contribution >= 4 is 31.9 Å². The Morgan fingerprint density at radius 3 is 2.42 bits per heavy atom. The first-order valence-corrected chi connectivity index (χ1v) is 8.66. The Bertz CT molecular complexity index is 436. The average molecular weight is 390 g/mol. The van der Waals surface area contributed by atoms with Crippen molar-refractivity contribution in [3.8, 4) is 0 Å². The molecule has 1 N–H and O–H groups in total. The summed E-state index contributed by atoms with van der Waals surface area (Å²) in [6, 6.07) is 6.07. The molecule has 1 saturated carbocycles. The van der Waals surface area contributed by atoms with Crippen molar-refractivity contribution in [2.24, 2.45) is 11.3 Å². The molecule has 1 aliphatic rings. The Kier molecular flexibility index (Phi) is 5.13. The van der Waals surface area contributed by atoms with Gasteiger partial charge < -0.3 is 5.11 Å². The molecule has 1 nitrogen and oxygen atoms in total. The molecule has 1 aliphatic carbocycles. The van der Waals surface area contributed by atoms with Crippen LogP contribution in [0.3, 0.4) is 0 Å². The van der Waals surface area contributed by atoms with Crippen LogP contribution in [0.5, 0.6) is 0 Å². The second kappa shape index (κ2) is 6.28. The van der Waals surface area contributed by atoms with Crippen molar-refractivity contribution in [1.82, 2.24) is 0 Å². The van der Waals surface area contributed by atoms with Gasteiger partial charge in [-0.2, -0.15) is 0 Å². The maximum Gasteiger partial charge on any atom is 0.0857 e. The van der Waals surface area contributed by atoms with Gasteiger partial charge in [0.1, 0.15) is 0 Å². The van der Waals surface area contributed by atoms with E-state index in [1.807, 2.05) is 12.1 Å². The molecular weight excluding hydrogens is 368 g/mol. The number of rotatable bonds is 4. The first-order valence-electron chi connectivity index (χ1n) is 7.08. The minimum atomic E-state index is -0.371. The molecule has 1 unspecified atom stereocenters. The largest absolute Gasteiger partial charge is 0.388 e. The van der Waals surface area contributed by atoms with Gasteiger partial charge in [-0.25, -0.2) is 0 Å². The van der Waals surface area contributed by atoms with Gasteiger partial charge in [-0.1, -0.05) is 58.5 Å². The Morgan fingerprint density at radius 2 is 1.84 bits per heavy atom. The van der Waals surface area contributed by atoms with Crippen LogP contribution in [-0.2, 0) is 0 Å². The second-order valence-corrected chi connectivity index (χ2v) is 8.01. The van der Waals surface area contributed by atoms with Crippen molar-refractivity contribution < 1.29 is 5.11 Å². The predicted octanol–water partition coefficient (Wildman–Crippen LogP) is 5.85. The first kappa shape index (κ1) is 15.5. The summed E-state index contributed by atoms with van der Waals surface area (Å²) in [5.74, 6) is 0.624. The second-order valence-electron chi connectivity index (χ2n) is 6.24. The molecule has 0 saturated heterocycles. The highest BCUT2D eigenvalue weighted by Crippen LogP contribution is 2.52. The molecule has 2 rings (SSSR count). The minimum absolute atomic E-state index is 0.0669. The highest BCUT2D eigenvalue weighted by molar-refractivity contribution is 9.11. The molecule has 106 valence electrons. The molecule has 1 aromatic carbocycles. The zero-order valence-corrected chi connectivity index (χ0v) is 14.8. The van der Waals surface area contributed by atoms with Crippen LogP contribution in [0, 0.1) is 11.3 Å². The van der Waals surface area contributed by atoms with Gasteiger partial charge in [0.25, 0.3) is 0 Å². The van der Waals surface area contributed by atoms with E-state index in [0.717, 1.165) is 33.8 Å². The number of aliphatic hydroxyl groups excluding tert-OH is 1. The molecular formula is C16H22Br2O. The summed E-state index contributed by atoms with van der Waals surface area (Å²) in [6.45, 7) is 4.51. The standard InChI is InChI=1S/C16H22Br2O/c1-11(2)10-16(7-3-4-8-16)15(19)13-9-12(17)5-6-14(13)18/h5-6,9,11,15,19H,3-4,7-8,10H2,1-2H3. The normalized spacial score (nSPS) is 19.9. The lowest BCUT2D eigenvalue weighted by molar-refractivity contribution is 0.0106. The molecule has 1 atom stereocenters. The minimum Gasteiger partial charge on any atom is -0.388 e. The Hall–Kier alpha value is 0.140. The molecule has 0 amide bonds. The van der Waals surface area contributed by atoms with Gasteiger partial charge in [0.15, 0.2) is 0 Å². The van der Waals surface area contributed by atoms with Gasteiger partial charge in [0.05, 0.1) is 6.10 Å². The zero-order valence-electron chi connectivity index (χ0n) is 11.6. The Morgan fingerprint density at radius 1 is 1.21 bits per heavy atom. The lowest BCUT2D eigenvalue weighted by Gasteiger charge is -2.36. The predicted molar refractivity (Wildman–Crippen MR) is 87.2 cm³/mol. The molecule has 0 heterocycles. The Balaban J connectivity index is 2.33. The van der Waals surface area contributed by atoms with E-state index in [9.17, 15) is 5.11 Å². The molecule has 0 spiro atoms. The Labute approximate surface area is 133 Å². The van der Waals surface area contributed by atoms with Crippen molar-refractivity contribution in [2.45, 2.75) is 52.1 Å². The molecule has 0 bridgehead atoms. The molecule has 3 heteroatoms. The van der Waals surface area contributed by atoms with E-state index in [2.05, 4.69) is 51.8 Å². The third kappa shape index (κ3) is 3.43. The number of hydrogen-bond donors (Lipinski definition) is 1. The molecule has 0 aliphatic heterocycles. The number of benzene rings is 1. The molecule has 1 fully saturated rings. The van der Waals surface area contributed by atoms with Gasteiger partial charge in [-0.05, 0) is 48.9 Å². The van der Waals surface area contributed by atoms with E-state index in [-0.39, 0.29) is 11.5 Å². The van der Waals surface area contributed by atoms with Crippen LogP contribution in [0.15, 0.2) is 27.1 Å². The average Bonchev–Trinajstić information content (AvgIpc) is 2.80. The highest BCUT2D eigenvalue weighted by Gasteiger charge is 2.42. The van der Waals surface area contributed by atoms with E-state index in [1.54, 1.807) is 0 Å². The molecule has 19 heavy (non-hydrogen) atoms. The maximum absolute atomic E-state index is 11.0. The first-order chi connectivity index (χ1) is 8.94. The summed E-state index contributed by atoms with van der Waals surface area (Å²) in [6.07, 6.45) is 5.51.